The van der Waals surface area contributed by atoms with Crippen molar-refractivity contribution in [1.82, 2.24) is 20.2 Å². The first-order valence-electron chi connectivity index (χ1n) is 6.62. The van der Waals surface area contributed by atoms with Crippen LogP contribution in [-0.2, 0) is 0 Å². The number of fused-ring (bicyclic) bond motifs is 2. The number of nitrogens with zero attached hydrogens (tertiary/aromatic N) is 1. The van der Waals surface area contributed by atoms with Gasteiger partial charge in [0.2, 0.25) is 0 Å². The second kappa shape index (κ2) is 4.16. The smallest absolute Gasteiger partial charge is 0.132 e. The number of benzene rings is 1. The highest BCUT2D eigenvalue weighted by atomic mass is 16.5. The van der Waals surface area contributed by atoms with Crippen LogP contribution in [0.5, 0.6) is 5.75 Å². The van der Waals surface area contributed by atoms with Crippen LogP contribution in [0.4, 0.5) is 0 Å². The van der Waals surface area contributed by atoms with Crippen molar-refractivity contribution in [3.05, 3.63) is 36.5 Å². The molecule has 0 saturated heterocycles. The molecule has 1 aromatic carbocycles. The van der Waals surface area contributed by atoms with Crippen molar-refractivity contribution in [1.29, 1.82) is 0 Å². The van der Waals surface area contributed by atoms with E-state index in [2.05, 4.69) is 32.3 Å². The van der Waals surface area contributed by atoms with Gasteiger partial charge in [-0.1, -0.05) is 0 Å². The van der Waals surface area contributed by atoms with Gasteiger partial charge in [0.25, 0.3) is 0 Å². The van der Waals surface area contributed by atoms with E-state index in [1.807, 2.05) is 31.3 Å². The third kappa shape index (κ3) is 1.60. The highest BCUT2D eigenvalue weighted by Gasteiger charge is 2.11. The Morgan fingerprint density at radius 2 is 2.10 bits per heavy atom. The average Bonchev–Trinajstić information content (AvgIpc) is 3.12. The van der Waals surface area contributed by atoms with Crippen molar-refractivity contribution >= 4 is 21.9 Å². The largest absolute Gasteiger partial charge is 0.494 e. The highest BCUT2D eigenvalue weighted by molar-refractivity contribution is 5.93. The summed E-state index contributed by atoms with van der Waals surface area (Å²) in [6, 6.07) is 10.1. The fourth-order valence-electron chi connectivity index (χ4n) is 2.52. The van der Waals surface area contributed by atoms with Gasteiger partial charge in [0.05, 0.1) is 23.3 Å². The monoisotopic (exact) mass is 266 g/mol. The lowest BCUT2D eigenvalue weighted by atomic mass is 10.2. The number of hydrogen-bond acceptors (Lipinski definition) is 2. The third-order valence-electron chi connectivity index (χ3n) is 3.43. The third-order valence-corrected chi connectivity index (χ3v) is 3.43. The van der Waals surface area contributed by atoms with Crippen molar-refractivity contribution in [3.63, 3.8) is 0 Å². The molecule has 0 aliphatic heterocycles. The van der Waals surface area contributed by atoms with Crippen LogP contribution in [0.1, 0.15) is 6.92 Å². The molecular formula is C15H14N4O. The maximum absolute atomic E-state index is 5.52. The molecule has 0 aliphatic carbocycles. The van der Waals surface area contributed by atoms with E-state index in [4.69, 9.17) is 4.74 Å². The Bertz CT molecular complexity index is 884. The maximum Gasteiger partial charge on any atom is 0.132 e. The number of aromatic amines is 3. The molecular weight excluding hydrogens is 252 g/mol. The van der Waals surface area contributed by atoms with Crippen molar-refractivity contribution in [2.75, 3.05) is 6.61 Å². The fraction of sp³-hybridized carbons (Fsp3) is 0.133. The van der Waals surface area contributed by atoms with Crippen molar-refractivity contribution in [2.45, 2.75) is 6.92 Å². The lowest BCUT2D eigenvalue weighted by molar-refractivity contribution is 0.340. The van der Waals surface area contributed by atoms with Gasteiger partial charge in [0.15, 0.2) is 0 Å². The summed E-state index contributed by atoms with van der Waals surface area (Å²) in [5.41, 5.74) is 4.96. The molecule has 0 saturated carbocycles. The first-order valence-corrected chi connectivity index (χ1v) is 6.62. The van der Waals surface area contributed by atoms with Crippen molar-refractivity contribution in [2.24, 2.45) is 0 Å². The van der Waals surface area contributed by atoms with E-state index in [9.17, 15) is 0 Å². The standard InChI is InChI=1S/C15H14N4O/c1-2-20-10-4-3-9-7-13(17-12(9)8-10)15-14-11(18-19-15)5-6-16-14/h3-8,16-17H,2H2,1H3,(H,18,19). The SMILES string of the molecule is CCOc1ccc2cc(-c3n[nH]c4cc[nH]c34)[nH]c2c1. The number of rotatable bonds is 3. The number of H-pyrrole nitrogens is 3. The van der Waals surface area contributed by atoms with Gasteiger partial charge in [-0.15, -0.1) is 0 Å². The molecule has 5 nitrogen and oxygen atoms in total. The van der Waals surface area contributed by atoms with E-state index < -0.39 is 0 Å². The number of aromatic nitrogens is 4. The molecule has 0 fully saturated rings. The van der Waals surface area contributed by atoms with E-state index in [0.29, 0.717) is 6.61 Å². The topological polar surface area (TPSA) is 69.5 Å². The van der Waals surface area contributed by atoms with E-state index in [0.717, 1.165) is 39.1 Å². The lowest BCUT2D eigenvalue weighted by Crippen LogP contribution is -1.90. The van der Waals surface area contributed by atoms with Gasteiger partial charge in [0, 0.05) is 23.2 Å². The summed E-state index contributed by atoms with van der Waals surface area (Å²) in [4.78, 5) is 6.60. The van der Waals surface area contributed by atoms with Crippen LogP contribution in [0.25, 0.3) is 33.3 Å². The Morgan fingerprint density at radius 3 is 3.00 bits per heavy atom. The lowest BCUT2D eigenvalue weighted by Gasteiger charge is -2.01. The Kier molecular flexibility index (Phi) is 2.32. The minimum Gasteiger partial charge on any atom is -0.494 e. The van der Waals surface area contributed by atoms with Gasteiger partial charge in [-0.25, -0.2) is 0 Å². The molecule has 0 aliphatic rings. The van der Waals surface area contributed by atoms with Gasteiger partial charge >= 0.3 is 0 Å². The van der Waals surface area contributed by atoms with E-state index in [1.54, 1.807) is 0 Å². The molecule has 3 heterocycles. The summed E-state index contributed by atoms with van der Waals surface area (Å²) in [5, 5.41) is 8.52. The van der Waals surface area contributed by atoms with Crippen LogP contribution < -0.4 is 4.74 Å². The molecule has 4 aromatic rings. The normalized spacial score (nSPS) is 11.4. The van der Waals surface area contributed by atoms with Crippen LogP contribution >= 0.6 is 0 Å². The van der Waals surface area contributed by atoms with Gasteiger partial charge in [-0.05, 0) is 31.2 Å². The number of ether oxygens (including phenoxy) is 1. The van der Waals surface area contributed by atoms with Crippen LogP contribution in [0.15, 0.2) is 36.5 Å². The molecule has 0 amide bonds. The van der Waals surface area contributed by atoms with Gasteiger partial charge in [-0.2, -0.15) is 5.10 Å². The molecule has 100 valence electrons. The first kappa shape index (κ1) is 11.2. The van der Waals surface area contributed by atoms with Crippen LogP contribution in [-0.4, -0.2) is 26.8 Å². The molecule has 0 spiro atoms. The van der Waals surface area contributed by atoms with Crippen LogP contribution in [0, 0.1) is 0 Å². The molecule has 0 radical (unpaired) electrons. The summed E-state index contributed by atoms with van der Waals surface area (Å²) < 4.78 is 5.52. The Hall–Kier alpha value is -2.69. The minimum atomic E-state index is 0.668. The van der Waals surface area contributed by atoms with Gasteiger partial charge < -0.3 is 14.7 Å². The number of hydrogen-bond donors (Lipinski definition) is 3. The van der Waals surface area contributed by atoms with Gasteiger partial charge in [-0.3, -0.25) is 5.10 Å². The fourth-order valence-corrected chi connectivity index (χ4v) is 2.52. The quantitative estimate of drug-likeness (QED) is 0.531. The number of nitrogens with one attached hydrogen (secondary N) is 3. The zero-order valence-electron chi connectivity index (χ0n) is 11.0. The van der Waals surface area contributed by atoms with Crippen molar-refractivity contribution in [3.8, 4) is 17.1 Å². The summed E-state index contributed by atoms with van der Waals surface area (Å²) >= 11 is 0. The summed E-state index contributed by atoms with van der Waals surface area (Å²) in [6.07, 6.45) is 1.90. The summed E-state index contributed by atoms with van der Waals surface area (Å²) in [7, 11) is 0. The predicted octanol–water partition coefficient (Wildman–Crippen LogP) is 3.44. The summed E-state index contributed by atoms with van der Waals surface area (Å²) in [5.74, 6) is 0.875. The Morgan fingerprint density at radius 1 is 1.15 bits per heavy atom. The van der Waals surface area contributed by atoms with Crippen LogP contribution in [0.3, 0.4) is 0 Å². The second-order valence-corrected chi connectivity index (χ2v) is 4.70. The average molecular weight is 266 g/mol. The molecule has 0 bridgehead atoms. The second-order valence-electron chi connectivity index (χ2n) is 4.70. The minimum absolute atomic E-state index is 0.668. The summed E-state index contributed by atoms with van der Waals surface area (Å²) in [6.45, 7) is 2.65. The first-order chi connectivity index (χ1) is 9.85. The molecule has 0 atom stereocenters. The predicted molar refractivity (Wildman–Crippen MR) is 78.9 cm³/mol. The molecule has 3 aromatic heterocycles. The maximum atomic E-state index is 5.52. The Balaban J connectivity index is 1.86. The van der Waals surface area contributed by atoms with E-state index >= 15 is 0 Å². The van der Waals surface area contributed by atoms with E-state index in [1.165, 1.54) is 0 Å². The van der Waals surface area contributed by atoms with Gasteiger partial charge in [0.1, 0.15) is 11.4 Å². The molecule has 0 unspecified atom stereocenters. The zero-order chi connectivity index (χ0) is 13.5. The Labute approximate surface area is 115 Å². The van der Waals surface area contributed by atoms with Crippen LogP contribution in [0.2, 0.25) is 0 Å². The molecule has 4 rings (SSSR count). The molecule has 3 N–H and O–H groups in total. The molecule has 20 heavy (non-hydrogen) atoms. The van der Waals surface area contributed by atoms with Crippen molar-refractivity contribution < 1.29 is 4.74 Å². The zero-order valence-corrected chi connectivity index (χ0v) is 11.0. The highest BCUT2D eigenvalue weighted by Crippen LogP contribution is 2.29. The molecule has 5 heteroatoms. The van der Waals surface area contributed by atoms with E-state index in [-0.39, 0.29) is 0 Å².